The summed E-state index contributed by atoms with van der Waals surface area (Å²) in [5.74, 6) is 9.11. The van der Waals surface area contributed by atoms with Gasteiger partial charge in [0.25, 0.3) is 0 Å². The molecule has 9 aliphatic carbocycles. The second kappa shape index (κ2) is 8.50. The second-order valence-electron chi connectivity index (χ2n) is 16.0. The Kier molecular flexibility index (Phi) is 5.57. The van der Waals surface area contributed by atoms with Gasteiger partial charge < -0.3 is 0 Å². The van der Waals surface area contributed by atoms with Gasteiger partial charge in [-0.3, -0.25) is 0 Å². The predicted molar refractivity (Wildman–Crippen MR) is 146 cm³/mol. The van der Waals surface area contributed by atoms with E-state index < -0.39 is 0 Å². The number of hydrogen-bond donors (Lipinski definition) is 0. The molecule has 0 radical (unpaired) electrons. The molecule has 0 aromatic heterocycles. The van der Waals surface area contributed by atoms with E-state index in [1.807, 2.05) is 0 Å². The van der Waals surface area contributed by atoms with Gasteiger partial charge in [-0.1, -0.05) is 64.2 Å². The molecule has 9 fully saturated rings. The molecule has 0 spiro atoms. The average molecular weight is 477 g/mol. The Bertz CT molecular complexity index is 770. The van der Waals surface area contributed by atoms with E-state index in [0.717, 1.165) is 57.7 Å². The maximum Gasteiger partial charge on any atom is -0.0120 e. The van der Waals surface area contributed by atoms with E-state index in [4.69, 9.17) is 0 Å². The van der Waals surface area contributed by atoms with Gasteiger partial charge in [-0.25, -0.2) is 0 Å². The van der Waals surface area contributed by atoms with E-state index >= 15 is 0 Å². The van der Waals surface area contributed by atoms with E-state index in [2.05, 4.69) is 0 Å². The largest absolute Gasteiger partial charge is 0.0533 e. The molecule has 0 heterocycles. The predicted octanol–water partition coefficient (Wildman–Crippen LogP) is 10.3. The van der Waals surface area contributed by atoms with Crippen molar-refractivity contribution in [3.05, 3.63) is 0 Å². The molecule has 6 unspecified atom stereocenters. The highest BCUT2D eigenvalue weighted by Gasteiger charge is 2.81. The Hall–Kier alpha value is 0. The zero-order valence-electron chi connectivity index (χ0n) is 23.1. The van der Waals surface area contributed by atoms with Crippen molar-refractivity contribution in [2.75, 3.05) is 0 Å². The SMILES string of the molecule is C1CCCC(C23CC4CC(C2)C(C2CC2)C(C2CCC2)(C4)C3(C2CCCCC2)C2CCCC2)CC1. The molecule has 196 valence electrons. The Morgan fingerprint density at radius 2 is 0.943 bits per heavy atom. The monoisotopic (exact) mass is 476 g/mol. The van der Waals surface area contributed by atoms with Crippen molar-refractivity contribution in [3.8, 4) is 0 Å². The zero-order valence-corrected chi connectivity index (χ0v) is 23.1. The van der Waals surface area contributed by atoms with Crippen LogP contribution in [0.4, 0.5) is 0 Å². The van der Waals surface area contributed by atoms with E-state index in [1.54, 1.807) is 154 Å². The van der Waals surface area contributed by atoms with Gasteiger partial charge in [0.2, 0.25) is 0 Å². The average Bonchev–Trinajstić information content (AvgIpc) is 3.58. The van der Waals surface area contributed by atoms with Crippen LogP contribution in [0.2, 0.25) is 0 Å². The third-order valence-corrected chi connectivity index (χ3v) is 15.1. The van der Waals surface area contributed by atoms with Crippen LogP contribution < -0.4 is 0 Å². The lowest BCUT2D eigenvalue weighted by atomic mass is 9.21. The van der Waals surface area contributed by atoms with Gasteiger partial charge in [0.15, 0.2) is 0 Å². The Balaban J connectivity index is 1.38. The van der Waals surface area contributed by atoms with Crippen LogP contribution in [-0.4, -0.2) is 0 Å². The van der Waals surface area contributed by atoms with Crippen molar-refractivity contribution in [1.29, 1.82) is 0 Å². The topological polar surface area (TPSA) is 0 Å². The van der Waals surface area contributed by atoms with Crippen LogP contribution in [0.15, 0.2) is 0 Å². The van der Waals surface area contributed by atoms with Crippen molar-refractivity contribution < 1.29 is 0 Å². The molecule has 9 saturated carbocycles. The molecule has 0 aliphatic heterocycles. The minimum atomic E-state index is 0.762. The summed E-state index contributed by atoms with van der Waals surface area (Å²) in [5, 5.41) is 0. The molecule has 4 bridgehead atoms. The van der Waals surface area contributed by atoms with Gasteiger partial charge in [0.05, 0.1) is 0 Å². The summed E-state index contributed by atoms with van der Waals surface area (Å²) in [5.41, 5.74) is 2.32. The zero-order chi connectivity index (χ0) is 23.1. The molecule has 0 aromatic rings. The second-order valence-corrected chi connectivity index (χ2v) is 16.0. The fraction of sp³-hybridized carbons (Fsp3) is 1.00. The van der Waals surface area contributed by atoms with Gasteiger partial charge in [-0.15, -0.1) is 0 Å². The van der Waals surface area contributed by atoms with Gasteiger partial charge in [0.1, 0.15) is 0 Å². The van der Waals surface area contributed by atoms with Crippen LogP contribution in [0.1, 0.15) is 154 Å². The standard InChI is InChI=1S/C35H56/c1-2-5-12-28(11-4-1)33-22-25-21-27(24-33)32(26-19-20-26)34(23-25,29-17-10-18-29)35(33,31-15-8-9-16-31)30-13-6-3-7-14-30/h25-32H,1-24H2. The van der Waals surface area contributed by atoms with Crippen molar-refractivity contribution in [1.82, 2.24) is 0 Å². The molecule has 0 aromatic carbocycles. The van der Waals surface area contributed by atoms with Crippen LogP contribution >= 0.6 is 0 Å². The van der Waals surface area contributed by atoms with E-state index in [1.165, 1.54) is 5.92 Å². The summed E-state index contributed by atoms with van der Waals surface area (Å²) in [6.07, 6.45) is 39.0. The first-order chi connectivity index (χ1) is 17.3. The molecule has 35 heavy (non-hydrogen) atoms. The summed E-state index contributed by atoms with van der Waals surface area (Å²) in [6, 6.07) is 0. The molecular weight excluding hydrogens is 420 g/mol. The summed E-state index contributed by atoms with van der Waals surface area (Å²) >= 11 is 0. The molecule has 0 heteroatoms. The first kappa shape index (κ1) is 22.9. The minimum absolute atomic E-state index is 0.762. The van der Waals surface area contributed by atoms with Crippen LogP contribution in [0.3, 0.4) is 0 Å². The molecule has 0 saturated heterocycles. The lowest BCUT2D eigenvalue weighted by molar-refractivity contribution is -0.354. The van der Waals surface area contributed by atoms with Crippen molar-refractivity contribution in [2.45, 2.75) is 154 Å². The lowest BCUT2D eigenvalue weighted by Gasteiger charge is -2.83. The molecule has 0 nitrogen and oxygen atoms in total. The van der Waals surface area contributed by atoms with Gasteiger partial charge in [-0.2, -0.15) is 0 Å². The molecule has 6 atom stereocenters. The summed E-state index contributed by atoms with van der Waals surface area (Å²) in [4.78, 5) is 0. The van der Waals surface area contributed by atoms with E-state index in [0.29, 0.717) is 0 Å². The molecule has 9 rings (SSSR count). The fourth-order valence-corrected chi connectivity index (χ4v) is 14.7. The third-order valence-electron chi connectivity index (χ3n) is 15.1. The summed E-state index contributed by atoms with van der Waals surface area (Å²) in [7, 11) is 0. The van der Waals surface area contributed by atoms with Gasteiger partial charge in [0, 0.05) is 0 Å². The molecule has 9 aliphatic rings. The maximum absolute atomic E-state index is 1.73. The van der Waals surface area contributed by atoms with Crippen molar-refractivity contribution >= 4 is 0 Å². The molecular formula is C35H56. The highest BCUT2D eigenvalue weighted by molar-refractivity contribution is 5.29. The third kappa shape index (κ3) is 2.98. The minimum Gasteiger partial charge on any atom is -0.0533 e. The summed E-state index contributed by atoms with van der Waals surface area (Å²) in [6.45, 7) is 0. The first-order valence-corrected chi connectivity index (χ1v) is 17.3. The van der Waals surface area contributed by atoms with Gasteiger partial charge >= 0.3 is 0 Å². The van der Waals surface area contributed by atoms with E-state index in [-0.39, 0.29) is 0 Å². The summed E-state index contributed by atoms with van der Waals surface area (Å²) < 4.78 is 0. The molecule has 0 N–H and O–H groups in total. The normalized spacial score (nSPS) is 49.9. The first-order valence-electron chi connectivity index (χ1n) is 17.3. The van der Waals surface area contributed by atoms with E-state index in [9.17, 15) is 0 Å². The Morgan fingerprint density at radius 1 is 0.400 bits per heavy atom. The maximum atomic E-state index is 1.73. The highest BCUT2D eigenvalue weighted by Crippen LogP contribution is 2.87. The number of hydrogen-bond acceptors (Lipinski definition) is 0. The van der Waals surface area contributed by atoms with Crippen LogP contribution in [-0.2, 0) is 0 Å². The van der Waals surface area contributed by atoms with Crippen molar-refractivity contribution in [3.63, 3.8) is 0 Å². The van der Waals surface area contributed by atoms with Crippen LogP contribution in [0.25, 0.3) is 0 Å². The number of rotatable bonds is 5. The smallest absolute Gasteiger partial charge is 0.0120 e. The quantitative estimate of drug-likeness (QED) is 0.346. The Morgan fingerprint density at radius 3 is 1.51 bits per heavy atom. The lowest BCUT2D eigenvalue weighted by Crippen LogP contribution is -2.77. The highest BCUT2D eigenvalue weighted by atomic mass is 14.8. The van der Waals surface area contributed by atoms with Crippen LogP contribution in [0.5, 0.6) is 0 Å². The van der Waals surface area contributed by atoms with Gasteiger partial charge in [-0.05, 0) is 153 Å². The van der Waals surface area contributed by atoms with Crippen LogP contribution in [0, 0.1) is 63.6 Å². The molecule has 0 amide bonds. The fourth-order valence-electron chi connectivity index (χ4n) is 14.7. The van der Waals surface area contributed by atoms with Crippen molar-refractivity contribution in [2.24, 2.45) is 63.6 Å². The Labute approximate surface area is 217 Å².